The molecule has 1 aliphatic rings. The Balaban J connectivity index is 1.49. The summed E-state index contributed by atoms with van der Waals surface area (Å²) in [6.45, 7) is 0. The molecule has 0 spiro atoms. The molecule has 120 valence electrons. The first-order valence-electron chi connectivity index (χ1n) is 7.61. The van der Waals surface area contributed by atoms with Gasteiger partial charge in [0.2, 0.25) is 5.43 Å². The minimum absolute atomic E-state index is 0.0809. The number of para-hydroxylation sites is 1. The van der Waals surface area contributed by atoms with Gasteiger partial charge in [0.25, 0.3) is 0 Å². The van der Waals surface area contributed by atoms with Gasteiger partial charge in [-0.2, -0.15) is 0 Å². The molecule has 0 saturated heterocycles. The van der Waals surface area contributed by atoms with Crippen LogP contribution >= 0.6 is 11.3 Å². The van der Waals surface area contributed by atoms with Crippen molar-refractivity contribution in [3.8, 4) is 5.75 Å². The summed E-state index contributed by atoms with van der Waals surface area (Å²) < 4.78 is 2.99. The van der Waals surface area contributed by atoms with Crippen molar-refractivity contribution in [2.75, 3.05) is 5.32 Å². The third kappa shape index (κ3) is 2.83. The Hall–Kier alpha value is -2.86. The smallest absolute Gasteiger partial charge is 0.223 e. The monoisotopic (exact) mass is 337 g/mol. The largest absolute Gasteiger partial charge is 0.503 e. The molecule has 5 nitrogen and oxygen atoms in total. The number of benzene rings is 1. The third-order valence-corrected chi connectivity index (χ3v) is 4.88. The molecule has 0 bridgehead atoms. The van der Waals surface area contributed by atoms with Gasteiger partial charge in [0, 0.05) is 18.0 Å². The van der Waals surface area contributed by atoms with E-state index in [1.54, 1.807) is 17.5 Å². The lowest BCUT2D eigenvalue weighted by Gasteiger charge is -2.19. The number of fused-ring (bicyclic) bond motifs is 1. The van der Waals surface area contributed by atoms with Crippen LogP contribution in [-0.4, -0.2) is 14.7 Å². The van der Waals surface area contributed by atoms with Crippen molar-refractivity contribution in [3.63, 3.8) is 0 Å². The highest BCUT2D eigenvalue weighted by atomic mass is 32.1. The Bertz CT molecular complexity index is 983. The SMILES string of the molecule is O=c1ccn(C2C=CC(Nc3nc4ccccc4s3)=CC2)cc1O. The molecule has 2 heterocycles. The summed E-state index contributed by atoms with van der Waals surface area (Å²) >= 11 is 1.62. The Kier molecular flexibility index (Phi) is 3.66. The van der Waals surface area contributed by atoms with Gasteiger partial charge in [-0.15, -0.1) is 0 Å². The van der Waals surface area contributed by atoms with Gasteiger partial charge in [0.05, 0.1) is 22.5 Å². The number of aromatic hydroxyl groups is 1. The molecule has 0 fully saturated rings. The highest BCUT2D eigenvalue weighted by molar-refractivity contribution is 7.22. The summed E-state index contributed by atoms with van der Waals surface area (Å²) in [7, 11) is 0. The van der Waals surface area contributed by atoms with E-state index in [2.05, 4.69) is 22.4 Å². The number of nitrogens with zero attached hydrogens (tertiary/aromatic N) is 2. The summed E-state index contributed by atoms with van der Waals surface area (Å²) in [5.74, 6) is -0.228. The zero-order valence-corrected chi connectivity index (χ0v) is 13.5. The minimum atomic E-state index is -0.361. The molecular weight excluding hydrogens is 322 g/mol. The summed E-state index contributed by atoms with van der Waals surface area (Å²) in [6.07, 6.45) is 10.1. The third-order valence-electron chi connectivity index (χ3n) is 3.93. The van der Waals surface area contributed by atoms with Crippen LogP contribution in [0, 0.1) is 0 Å². The summed E-state index contributed by atoms with van der Waals surface area (Å²) in [6, 6.07) is 9.51. The highest BCUT2D eigenvalue weighted by Crippen LogP contribution is 2.28. The Morgan fingerprint density at radius 3 is 2.92 bits per heavy atom. The molecule has 0 saturated carbocycles. The lowest BCUT2D eigenvalue weighted by atomic mass is 10.1. The molecule has 1 unspecified atom stereocenters. The van der Waals surface area contributed by atoms with E-state index in [0.29, 0.717) is 0 Å². The quantitative estimate of drug-likeness (QED) is 0.765. The molecule has 0 radical (unpaired) electrons. The van der Waals surface area contributed by atoms with E-state index < -0.39 is 0 Å². The van der Waals surface area contributed by atoms with E-state index in [9.17, 15) is 9.90 Å². The molecule has 0 aliphatic heterocycles. The fourth-order valence-electron chi connectivity index (χ4n) is 2.67. The van der Waals surface area contributed by atoms with E-state index in [-0.39, 0.29) is 17.2 Å². The zero-order valence-electron chi connectivity index (χ0n) is 12.7. The molecular formula is C18H15N3O2S. The normalized spacial score (nSPS) is 17.0. The highest BCUT2D eigenvalue weighted by Gasteiger charge is 2.12. The first kappa shape index (κ1) is 14.7. The van der Waals surface area contributed by atoms with Gasteiger partial charge in [-0.05, 0) is 24.6 Å². The summed E-state index contributed by atoms with van der Waals surface area (Å²) in [5.41, 5.74) is 1.63. The van der Waals surface area contributed by atoms with Crippen molar-refractivity contribution >= 4 is 26.7 Å². The fraction of sp³-hybridized carbons (Fsp3) is 0.111. The number of nitrogens with one attached hydrogen (secondary N) is 1. The van der Waals surface area contributed by atoms with Gasteiger partial charge in [0.15, 0.2) is 10.9 Å². The number of hydrogen-bond acceptors (Lipinski definition) is 5. The number of aromatic nitrogens is 2. The van der Waals surface area contributed by atoms with Crippen LogP contribution in [0.25, 0.3) is 10.2 Å². The first-order chi connectivity index (χ1) is 11.7. The number of thiazole rings is 1. The van der Waals surface area contributed by atoms with Crippen molar-refractivity contribution in [2.24, 2.45) is 0 Å². The van der Waals surface area contributed by atoms with Crippen LogP contribution in [0.2, 0.25) is 0 Å². The van der Waals surface area contributed by atoms with E-state index in [4.69, 9.17) is 0 Å². The molecule has 2 aromatic heterocycles. The van der Waals surface area contributed by atoms with Crippen LogP contribution in [-0.2, 0) is 0 Å². The maximum Gasteiger partial charge on any atom is 0.223 e. The van der Waals surface area contributed by atoms with Gasteiger partial charge in [-0.25, -0.2) is 4.98 Å². The molecule has 1 atom stereocenters. The second-order valence-corrected chi connectivity index (χ2v) is 6.61. The number of allylic oxidation sites excluding steroid dienone is 3. The maximum absolute atomic E-state index is 11.3. The standard InChI is InChI=1S/C18H15N3O2S/c22-15-9-10-21(11-16(15)23)13-7-5-12(6-8-13)19-18-20-14-3-1-2-4-17(14)24-18/h1-7,9-11,13,23H,8H2,(H,19,20). The van der Waals surface area contributed by atoms with E-state index in [1.807, 2.05) is 34.9 Å². The van der Waals surface area contributed by atoms with E-state index in [1.165, 1.54) is 12.3 Å². The van der Waals surface area contributed by atoms with Crippen LogP contribution in [0.3, 0.4) is 0 Å². The average molecular weight is 337 g/mol. The zero-order chi connectivity index (χ0) is 16.5. The fourth-order valence-corrected chi connectivity index (χ4v) is 3.55. The van der Waals surface area contributed by atoms with Gasteiger partial charge >= 0.3 is 0 Å². The number of hydrogen-bond donors (Lipinski definition) is 2. The molecule has 0 amide bonds. The summed E-state index contributed by atoms with van der Waals surface area (Å²) in [5, 5.41) is 13.8. The number of anilines is 1. The van der Waals surface area contributed by atoms with Gasteiger partial charge in [-0.3, -0.25) is 4.79 Å². The van der Waals surface area contributed by atoms with Crippen molar-refractivity contribution in [1.82, 2.24) is 9.55 Å². The van der Waals surface area contributed by atoms with Crippen molar-refractivity contribution < 1.29 is 5.11 Å². The van der Waals surface area contributed by atoms with Gasteiger partial charge in [0.1, 0.15) is 0 Å². The molecule has 2 N–H and O–H groups in total. The van der Waals surface area contributed by atoms with Crippen LogP contribution in [0.1, 0.15) is 12.5 Å². The Labute approximate surface area is 142 Å². The second kappa shape index (κ2) is 5.98. The molecule has 4 rings (SSSR count). The van der Waals surface area contributed by atoms with Crippen LogP contribution in [0.4, 0.5) is 5.13 Å². The lowest BCUT2D eigenvalue weighted by Crippen LogP contribution is -2.12. The lowest BCUT2D eigenvalue weighted by molar-refractivity contribution is 0.456. The van der Waals surface area contributed by atoms with E-state index >= 15 is 0 Å². The molecule has 24 heavy (non-hydrogen) atoms. The first-order valence-corrected chi connectivity index (χ1v) is 8.42. The number of pyridine rings is 1. The Morgan fingerprint density at radius 2 is 2.17 bits per heavy atom. The van der Waals surface area contributed by atoms with Gasteiger partial charge < -0.3 is 15.0 Å². The molecule has 6 heteroatoms. The predicted octanol–water partition coefficient (Wildman–Crippen LogP) is 3.66. The number of rotatable bonds is 3. The van der Waals surface area contributed by atoms with Crippen molar-refractivity contribution in [2.45, 2.75) is 12.5 Å². The molecule has 1 aromatic carbocycles. The minimum Gasteiger partial charge on any atom is -0.503 e. The second-order valence-electron chi connectivity index (χ2n) is 5.57. The van der Waals surface area contributed by atoms with Crippen LogP contribution in [0.5, 0.6) is 5.75 Å². The van der Waals surface area contributed by atoms with Gasteiger partial charge in [-0.1, -0.05) is 35.6 Å². The maximum atomic E-state index is 11.3. The summed E-state index contributed by atoms with van der Waals surface area (Å²) in [4.78, 5) is 15.8. The van der Waals surface area contributed by atoms with Crippen molar-refractivity contribution in [3.05, 3.63) is 76.9 Å². The Morgan fingerprint density at radius 1 is 1.29 bits per heavy atom. The predicted molar refractivity (Wildman–Crippen MR) is 96.5 cm³/mol. The molecule has 1 aliphatic carbocycles. The van der Waals surface area contributed by atoms with Crippen LogP contribution in [0.15, 0.2) is 71.4 Å². The van der Waals surface area contributed by atoms with Crippen LogP contribution < -0.4 is 10.7 Å². The topological polar surface area (TPSA) is 67.2 Å². The van der Waals surface area contributed by atoms with Crippen molar-refractivity contribution in [1.29, 1.82) is 0 Å². The molecule has 3 aromatic rings. The average Bonchev–Trinajstić information content (AvgIpc) is 3.00. The van der Waals surface area contributed by atoms with E-state index in [0.717, 1.165) is 27.5 Å².